The summed E-state index contributed by atoms with van der Waals surface area (Å²) in [6.45, 7) is 1.66. The van der Waals surface area contributed by atoms with Crippen molar-refractivity contribution < 1.29 is 19.3 Å². The van der Waals surface area contributed by atoms with E-state index >= 15 is 0 Å². The number of carbonyl (C=O) groups excluding carboxylic acids is 2. The van der Waals surface area contributed by atoms with E-state index in [2.05, 4.69) is 23.5 Å². The van der Waals surface area contributed by atoms with Gasteiger partial charge in [-0.2, -0.15) is 0 Å². The highest BCUT2D eigenvalue weighted by atomic mass is 32.2. The Hall–Kier alpha value is -1.69. The zero-order valence-corrected chi connectivity index (χ0v) is 19.0. The molecule has 6 nitrogen and oxygen atoms in total. The average molecular weight is 469 g/mol. The molecule has 0 aromatic carbocycles. The largest absolute Gasteiger partial charge is 0.616 e. The van der Waals surface area contributed by atoms with Gasteiger partial charge in [0.1, 0.15) is 0 Å². The monoisotopic (exact) mass is 468 g/mol. The molecule has 0 bridgehead atoms. The lowest BCUT2D eigenvalue weighted by Gasteiger charge is -2.27. The number of rotatable bonds is 8. The third-order valence-corrected chi connectivity index (χ3v) is 9.64. The van der Waals surface area contributed by atoms with Gasteiger partial charge in [-0.15, -0.1) is 34.0 Å². The number of hydrogen-bond donors (Lipinski definition) is 3. The molecule has 3 heterocycles. The molecule has 10 heteroatoms. The van der Waals surface area contributed by atoms with Gasteiger partial charge in [0.15, 0.2) is 0 Å². The number of thiophene rings is 3. The molecule has 0 spiro atoms. The molecule has 3 aromatic heterocycles. The summed E-state index contributed by atoms with van der Waals surface area (Å²) in [7, 11) is 0. The van der Waals surface area contributed by atoms with Gasteiger partial charge in [-0.05, 0) is 53.8 Å². The van der Waals surface area contributed by atoms with Crippen LogP contribution in [0.15, 0.2) is 41.8 Å². The lowest BCUT2D eigenvalue weighted by molar-refractivity contribution is -0.131. The number of hydroxylamine groups is 1. The molecule has 2 amide bonds. The normalized spacial score (nSPS) is 14.2. The highest BCUT2D eigenvalue weighted by Crippen LogP contribution is 2.39. The molecule has 3 aromatic rings. The fraction of sp³-hybridized carbons (Fsp3) is 0.263. The number of amides is 2. The van der Waals surface area contributed by atoms with Crippen molar-refractivity contribution in [2.75, 3.05) is 12.8 Å². The molecule has 0 saturated carbocycles. The van der Waals surface area contributed by atoms with Gasteiger partial charge in [-0.1, -0.05) is 6.07 Å². The van der Waals surface area contributed by atoms with Crippen molar-refractivity contribution in [1.29, 1.82) is 0 Å². The Morgan fingerprint density at radius 3 is 2.38 bits per heavy atom. The Kier molecular flexibility index (Phi) is 7.14. The zero-order chi connectivity index (χ0) is 21.0. The summed E-state index contributed by atoms with van der Waals surface area (Å²) in [4.78, 5) is 29.4. The third-order valence-electron chi connectivity index (χ3n) is 4.55. The van der Waals surface area contributed by atoms with E-state index in [0.29, 0.717) is 4.88 Å². The quantitative estimate of drug-likeness (QED) is 0.264. The van der Waals surface area contributed by atoms with Gasteiger partial charge < -0.3 is 9.87 Å². The van der Waals surface area contributed by atoms with Gasteiger partial charge in [-0.3, -0.25) is 14.8 Å². The maximum atomic E-state index is 12.5. The minimum absolute atomic E-state index is 0.140. The highest BCUT2D eigenvalue weighted by Gasteiger charge is 2.42. The molecule has 0 radical (unpaired) electrons. The molecule has 2 atom stereocenters. The van der Waals surface area contributed by atoms with Gasteiger partial charge in [0.2, 0.25) is 4.75 Å². The lowest BCUT2D eigenvalue weighted by atomic mass is 10.1. The summed E-state index contributed by atoms with van der Waals surface area (Å²) < 4.78 is 10.6. The van der Waals surface area contributed by atoms with Gasteiger partial charge in [0, 0.05) is 32.5 Å². The summed E-state index contributed by atoms with van der Waals surface area (Å²) >= 11 is 3.28. The van der Waals surface area contributed by atoms with E-state index in [1.165, 1.54) is 34.3 Å². The van der Waals surface area contributed by atoms with Crippen LogP contribution in [0.25, 0.3) is 19.5 Å². The topological polar surface area (TPSA) is 101 Å². The Morgan fingerprint density at radius 2 is 1.76 bits per heavy atom. The molecule has 0 saturated heterocycles. The van der Waals surface area contributed by atoms with E-state index in [0.717, 1.165) is 9.75 Å². The fourth-order valence-electron chi connectivity index (χ4n) is 2.62. The van der Waals surface area contributed by atoms with Crippen LogP contribution < -0.4 is 10.8 Å². The highest BCUT2D eigenvalue weighted by molar-refractivity contribution is 7.92. The molecule has 154 valence electrons. The van der Waals surface area contributed by atoms with Crippen LogP contribution >= 0.6 is 34.0 Å². The predicted octanol–water partition coefficient (Wildman–Crippen LogP) is 3.97. The summed E-state index contributed by atoms with van der Waals surface area (Å²) in [5, 5.41) is 13.7. The second-order valence-corrected chi connectivity index (χ2v) is 11.4. The second-order valence-electron chi connectivity index (χ2n) is 6.44. The van der Waals surface area contributed by atoms with E-state index in [1.54, 1.807) is 34.2 Å². The predicted molar refractivity (Wildman–Crippen MR) is 120 cm³/mol. The summed E-state index contributed by atoms with van der Waals surface area (Å²) in [5.41, 5.74) is 1.55. The number of hydrogen-bond acceptors (Lipinski definition) is 7. The zero-order valence-electron chi connectivity index (χ0n) is 15.8. The smallest absolute Gasteiger partial charge is 0.299 e. The summed E-state index contributed by atoms with van der Waals surface area (Å²) in [5.74, 6) is -0.977. The Bertz CT molecular complexity index is 980. The average Bonchev–Trinajstić information content (AvgIpc) is 3.46. The first-order chi connectivity index (χ1) is 13.8. The van der Waals surface area contributed by atoms with Crippen LogP contribution in [0.5, 0.6) is 0 Å². The number of nitrogens with one attached hydrogen (secondary N) is 2. The first-order valence-corrected chi connectivity index (χ1v) is 12.7. The maximum Gasteiger partial charge on any atom is 0.299 e. The second kappa shape index (κ2) is 9.41. The van der Waals surface area contributed by atoms with Crippen LogP contribution in [0.3, 0.4) is 0 Å². The van der Waals surface area contributed by atoms with Gasteiger partial charge in [0.25, 0.3) is 11.8 Å². The van der Waals surface area contributed by atoms with Crippen molar-refractivity contribution in [1.82, 2.24) is 10.8 Å². The Labute approximate surface area is 183 Å². The third kappa shape index (κ3) is 4.90. The minimum atomic E-state index is -1.51. The van der Waals surface area contributed by atoms with Crippen molar-refractivity contribution in [2.24, 2.45) is 0 Å². The van der Waals surface area contributed by atoms with Crippen LogP contribution in [0.4, 0.5) is 0 Å². The SMILES string of the molecule is C[S+]([O-])C(C)(CCNC(=O)c1ccc(-c2ccc(-c3cccs3)s2)s1)C(=O)NO. The molecule has 3 N–H and O–H groups in total. The van der Waals surface area contributed by atoms with E-state index in [-0.39, 0.29) is 18.9 Å². The Balaban J connectivity index is 1.62. The van der Waals surface area contributed by atoms with Crippen molar-refractivity contribution in [3.05, 3.63) is 46.7 Å². The lowest BCUT2D eigenvalue weighted by Crippen LogP contribution is -2.50. The minimum Gasteiger partial charge on any atom is -0.616 e. The standard InChI is InChI=1S/C19H20N2O4S4/c1-19(29(2)25,18(23)21-24)9-10-20-17(22)16-8-7-15(28-16)14-6-5-13(27-14)12-4-3-11-26-12/h3-8,11,24H,9-10H2,1-2H3,(H,20,22)(H,21,23). The van der Waals surface area contributed by atoms with Crippen molar-refractivity contribution in [3.8, 4) is 19.5 Å². The van der Waals surface area contributed by atoms with E-state index in [1.807, 2.05) is 17.5 Å². The Morgan fingerprint density at radius 1 is 1.10 bits per heavy atom. The molecule has 0 aliphatic heterocycles. The molecular formula is C19H20N2O4S4. The molecule has 0 fully saturated rings. The van der Waals surface area contributed by atoms with Gasteiger partial charge in [-0.25, -0.2) is 5.48 Å². The van der Waals surface area contributed by atoms with Crippen molar-refractivity contribution >= 4 is 57.0 Å². The van der Waals surface area contributed by atoms with E-state index in [9.17, 15) is 14.1 Å². The van der Waals surface area contributed by atoms with Gasteiger partial charge >= 0.3 is 0 Å². The van der Waals surface area contributed by atoms with E-state index in [4.69, 9.17) is 5.21 Å². The number of carbonyl (C=O) groups is 2. The van der Waals surface area contributed by atoms with Crippen molar-refractivity contribution in [2.45, 2.75) is 18.1 Å². The molecule has 2 unspecified atom stereocenters. The molecule has 0 aliphatic carbocycles. The van der Waals surface area contributed by atoms with E-state index < -0.39 is 21.8 Å². The first kappa shape index (κ1) is 22.0. The summed E-state index contributed by atoms with van der Waals surface area (Å²) in [6, 6.07) is 12.0. The molecular weight excluding hydrogens is 448 g/mol. The fourth-order valence-corrected chi connectivity index (χ4v) is 6.17. The summed E-state index contributed by atoms with van der Waals surface area (Å²) in [6.07, 6.45) is 1.54. The van der Waals surface area contributed by atoms with Crippen LogP contribution in [0.1, 0.15) is 23.0 Å². The first-order valence-electron chi connectivity index (χ1n) is 8.65. The molecule has 29 heavy (non-hydrogen) atoms. The van der Waals surface area contributed by atoms with Gasteiger partial charge in [0.05, 0.1) is 11.1 Å². The molecule has 0 aliphatic rings. The van der Waals surface area contributed by atoms with Crippen LogP contribution in [0, 0.1) is 0 Å². The van der Waals surface area contributed by atoms with Crippen molar-refractivity contribution in [3.63, 3.8) is 0 Å². The maximum absolute atomic E-state index is 12.5. The molecule has 3 rings (SSSR count). The van der Waals surface area contributed by atoms with Crippen LogP contribution in [0.2, 0.25) is 0 Å². The van der Waals surface area contributed by atoms with Crippen LogP contribution in [-0.4, -0.2) is 39.1 Å². The van der Waals surface area contributed by atoms with Crippen LogP contribution in [-0.2, 0) is 16.0 Å².